The molecule has 0 atom stereocenters. The van der Waals surface area contributed by atoms with Crippen molar-refractivity contribution in [3.8, 4) is 17.2 Å². The second-order valence-electron chi connectivity index (χ2n) is 4.30. The molecule has 0 saturated carbocycles. The Labute approximate surface area is 133 Å². The van der Waals surface area contributed by atoms with Gasteiger partial charge in [0.2, 0.25) is 0 Å². The van der Waals surface area contributed by atoms with Crippen LogP contribution in [0.3, 0.4) is 0 Å². The van der Waals surface area contributed by atoms with Crippen molar-refractivity contribution in [2.24, 2.45) is 5.10 Å². The van der Waals surface area contributed by atoms with Gasteiger partial charge in [0.05, 0.1) is 13.3 Å². The molecule has 6 nitrogen and oxygen atoms in total. The number of phenols is 2. The summed E-state index contributed by atoms with van der Waals surface area (Å²) in [6.07, 6.45) is 1.40. The first-order valence-corrected chi connectivity index (χ1v) is 6.75. The number of ether oxygens (including phenoxy) is 1. The summed E-state index contributed by atoms with van der Waals surface area (Å²) in [4.78, 5) is 0. The first-order valence-electron chi connectivity index (χ1n) is 6.34. The van der Waals surface area contributed by atoms with Gasteiger partial charge in [-0.15, -0.1) is 0 Å². The van der Waals surface area contributed by atoms with Crippen LogP contribution in [-0.2, 0) is 0 Å². The number of thiocarbonyl (C=S) groups is 1. The number of nitrogens with zero attached hydrogens (tertiary/aromatic N) is 1. The number of rotatable bonds is 4. The fourth-order valence-electron chi connectivity index (χ4n) is 1.66. The predicted molar refractivity (Wildman–Crippen MR) is 89.7 cm³/mol. The Bertz CT molecular complexity index is 704. The van der Waals surface area contributed by atoms with Crippen LogP contribution in [0, 0.1) is 0 Å². The van der Waals surface area contributed by atoms with Crippen molar-refractivity contribution in [3.63, 3.8) is 0 Å². The van der Waals surface area contributed by atoms with E-state index in [2.05, 4.69) is 15.8 Å². The van der Waals surface area contributed by atoms with Crippen molar-refractivity contribution >= 4 is 29.2 Å². The molecule has 2 aromatic carbocycles. The molecule has 0 amide bonds. The maximum Gasteiger partial charge on any atom is 0.191 e. The number of hydrogen-bond donors (Lipinski definition) is 4. The Balaban J connectivity index is 1.93. The van der Waals surface area contributed by atoms with Gasteiger partial charge in [0, 0.05) is 23.4 Å². The van der Waals surface area contributed by atoms with Gasteiger partial charge in [-0.3, -0.25) is 5.43 Å². The monoisotopic (exact) mass is 317 g/mol. The van der Waals surface area contributed by atoms with E-state index in [1.807, 2.05) is 18.2 Å². The maximum atomic E-state index is 9.61. The van der Waals surface area contributed by atoms with Gasteiger partial charge in [-0.2, -0.15) is 5.10 Å². The molecule has 0 radical (unpaired) electrons. The van der Waals surface area contributed by atoms with Crippen LogP contribution in [0.2, 0.25) is 0 Å². The standard InChI is InChI=1S/C15H15N3O3S/c1-21-13-4-2-3-11(7-13)17-15(22)18-16-9-10-5-6-12(19)8-14(10)20/h2-9,19-20H,1H3,(H2,17,18,22)/b16-9-. The van der Waals surface area contributed by atoms with Crippen LogP contribution < -0.4 is 15.5 Å². The minimum Gasteiger partial charge on any atom is -0.508 e. The summed E-state index contributed by atoms with van der Waals surface area (Å²) in [7, 11) is 1.59. The molecule has 0 unspecified atom stereocenters. The first kappa shape index (κ1) is 15.6. The second kappa shape index (κ2) is 7.28. The third-order valence-corrected chi connectivity index (χ3v) is 2.90. The van der Waals surface area contributed by atoms with Gasteiger partial charge in [0.25, 0.3) is 0 Å². The summed E-state index contributed by atoms with van der Waals surface area (Å²) >= 11 is 5.11. The summed E-state index contributed by atoms with van der Waals surface area (Å²) < 4.78 is 5.12. The molecule has 2 rings (SSSR count). The molecule has 0 aliphatic carbocycles. The Hall–Kier alpha value is -2.80. The summed E-state index contributed by atoms with van der Waals surface area (Å²) in [5.41, 5.74) is 3.85. The quantitative estimate of drug-likeness (QED) is 0.394. The van der Waals surface area contributed by atoms with Crippen LogP contribution >= 0.6 is 12.2 Å². The van der Waals surface area contributed by atoms with Crippen LogP contribution in [0.25, 0.3) is 0 Å². The Morgan fingerprint density at radius 3 is 2.77 bits per heavy atom. The number of phenolic OH excluding ortho intramolecular Hbond substituents is 2. The second-order valence-corrected chi connectivity index (χ2v) is 4.71. The molecule has 0 aliphatic heterocycles. The van der Waals surface area contributed by atoms with Crippen LogP contribution in [0.4, 0.5) is 5.69 Å². The van der Waals surface area contributed by atoms with Gasteiger partial charge < -0.3 is 20.3 Å². The van der Waals surface area contributed by atoms with Crippen molar-refractivity contribution in [1.82, 2.24) is 5.43 Å². The Morgan fingerprint density at radius 1 is 1.23 bits per heavy atom. The van der Waals surface area contributed by atoms with Gasteiger partial charge in [-0.25, -0.2) is 0 Å². The zero-order valence-corrected chi connectivity index (χ0v) is 12.6. The summed E-state index contributed by atoms with van der Waals surface area (Å²) in [6.45, 7) is 0. The van der Waals surface area contributed by atoms with Gasteiger partial charge in [-0.05, 0) is 36.5 Å². The molecule has 2 aromatic rings. The Kier molecular flexibility index (Phi) is 5.16. The third-order valence-electron chi connectivity index (χ3n) is 2.71. The van der Waals surface area contributed by atoms with E-state index < -0.39 is 0 Å². The van der Waals surface area contributed by atoms with E-state index in [0.717, 1.165) is 5.69 Å². The SMILES string of the molecule is COc1cccc(NC(=S)N/N=C\c2ccc(O)cc2O)c1. The average molecular weight is 317 g/mol. The Morgan fingerprint density at radius 2 is 2.05 bits per heavy atom. The van der Waals surface area contributed by atoms with E-state index in [1.165, 1.54) is 24.4 Å². The van der Waals surface area contributed by atoms with Crippen LogP contribution in [-0.4, -0.2) is 28.6 Å². The maximum absolute atomic E-state index is 9.61. The lowest BCUT2D eigenvalue weighted by atomic mass is 10.2. The number of hydrazone groups is 1. The molecule has 7 heteroatoms. The van der Waals surface area contributed by atoms with Gasteiger partial charge in [0.1, 0.15) is 17.2 Å². The molecule has 0 aromatic heterocycles. The number of benzene rings is 2. The van der Waals surface area contributed by atoms with Crippen molar-refractivity contribution < 1.29 is 14.9 Å². The molecule has 0 aliphatic rings. The number of nitrogens with one attached hydrogen (secondary N) is 2. The molecule has 0 saturated heterocycles. The lowest BCUT2D eigenvalue weighted by Gasteiger charge is -2.08. The summed E-state index contributed by atoms with van der Waals surface area (Å²) in [5, 5.41) is 26.0. The molecule has 4 N–H and O–H groups in total. The van der Waals surface area contributed by atoms with Gasteiger partial charge in [-0.1, -0.05) is 6.07 Å². The molecule has 0 fully saturated rings. The lowest BCUT2D eigenvalue weighted by molar-refractivity contribution is 0.415. The molecule has 0 spiro atoms. The molecular formula is C15H15N3O3S. The minimum absolute atomic E-state index is 0.0159. The molecular weight excluding hydrogens is 302 g/mol. The van der Waals surface area contributed by atoms with Crippen LogP contribution in [0.1, 0.15) is 5.56 Å². The van der Waals surface area contributed by atoms with Crippen molar-refractivity contribution in [3.05, 3.63) is 48.0 Å². The lowest BCUT2D eigenvalue weighted by Crippen LogP contribution is -2.23. The summed E-state index contributed by atoms with van der Waals surface area (Å²) in [6, 6.07) is 11.5. The zero-order valence-electron chi connectivity index (χ0n) is 11.8. The minimum atomic E-state index is -0.0720. The topological polar surface area (TPSA) is 86.1 Å². The largest absolute Gasteiger partial charge is 0.508 e. The van der Waals surface area contributed by atoms with Crippen molar-refractivity contribution in [1.29, 1.82) is 0 Å². The van der Waals surface area contributed by atoms with Crippen LogP contribution in [0.5, 0.6) is 17.2 Å². The zero-order chi connectivity index (χ0) is 15.9. The van der Waals surface area contributed by atoms with E-state index >= 15 is 0 Å². The highest BCUT2D eigenvalue weighted by molar-refractivity contribution is 7.80. The number of hydrogen-bond acceptors (Lipinski definition) is 5. The first-order chi connectivity index (χ1) is 10.6. The average Bonchev–Trinajstić information content (AvgIpc) is 2.49. The normalized spacial score (nSPS) is 10.4. The van der Waals surface area contributed by atoms with E-state index in [4.69, 9.17) is 17.0 Å². The number of methoxy groups -OCH3 is 1. The van der Waals surface area contributed by atoms with Crippen molar-refractivity contribution in [2.45, 2.75) is 0 Å². The number of aromatic hydroxyl groups is 2. The van der Waals surface area contributed by atoms with Gasteiger partial charge in [0.15, 0.2) is 5.11 Å². The smallest absolute Gasteiger partial charge is 0.191 e. The highest BCUT2D eigenvalue weighted by Gasteiger charge is 2.00. The molecule has 0 heterocycles. The molecule has 114 valence electrons. The fraction of sp³-hybridized carbons (Fsp3) is 0.0667. The molecule has 0 bridgehead atoms. The highest BCUT2D eigenvalue weighted by Crippen LogP contribution is 2.20. The van der Waals surface area contributed by atoms with Crippen LogP contribution in [0.15, 0.2) is 47.6 Å². The van der Waals surface area contributed by atoms with E-state index in [0.29, 0.717) is 16.4 Å². The predicted octanol–water partition coefficient (Wildman–Crippen LogP) is 2.43. The van der Waals surface area contributed by atoms with Crippen molar-refractivity contribution in [2.75, 3.05) is 12.4 Å². The van der Waals surface area contributed by atoms with Gasteiger partial charge >= 0.3 is 0 Å². The third kappa shape index (κ3) is 4.35. The van der Waals surface area contributed by atoms with E-state index in [-0.39, 0.29) is 11.5 Å². The highest BCUT2D eigenvalue weighted by atomic mass is 32.1. The van der Waals surface area contributed by atoms with E-state index in [9.17, 15) is 10.2 Å². The van der Waals surface area contributed by atoms with E-state index in [1.54, 1.807) is 13.2 Å². The molecule has 22 heavy (non-hydrogen) atoms. The number of anilines is 1. The summed E-state index contributed by atoms with van der Waals surface area (Å²) in [5.74, 6) is 0.625. The fourth-order valence-corrected chi connectivity index (χ4v) is 1.83.